The van der Waals surface area contributed by atoms with Crippen LogP contribution >= 0.6 is 0 Å². The van der Waals surface area contributed by atoms with Gasteiger partial charge in [-0.2, -0.15) is 8.42 Å². The number of anilines is 1. The zero-order chi connectivity index (χ0) is 24.4. The van der Waals surface area contributed by atoms with E-state index in [2.05, 4.69) is 14.1 Å². The molecule has 9 nitrogen and oxygen atoms in total. The maximum Gasteiger partial charge on any atom is 0.344 e. The minimum Gasteiger partial charge on any atom is -0.492 e. The largest absolute Gasteiger partial charge is 0.492 e. The number of nitrogens with two attached hydrogens (primary N) is 1. The molecular formula is C25H25N5O4S. The molecule has 1 unspecified atom stereocenters. The van der Waals surface area contributed by atoms with Gasteiger partial charge in [0.25, 0.3) is 5.91 Å². The van der Waals surface area contributed by atoms with Gasteiger partial charge in [0.1, 0.15) is 5.75 Å². The summed E-state index contributed by atoms with van der Waals surface area (Å²) >= 11 is 0. The van der Waals surface area contributed by atoms with Crippen LogP contribution in [0.5, 0.6) is 5.75 Å². The molecule has 2 aliphatic heterocycles. The molecule has 1 saturated heterocycles. The highest BCUT2D eigenvalue weighted by molar-refractivity contribution is 7.91. The lowest BCUT2D eigenvalue weighted by Crippen LogP contribution is -2.41. The van der Waals surface area contributed by atoms with Crippen LogP contribution in [0.15, 0.2) is 71.4 Å². The SMILES string of the molecule is NC1=NS(=O)(=O)Nc2cccc(OCC3CCCN(C(=O)c4cccc(-c5ccncc5)c4)C3)c21. The van der Waals surface area contributed by atoms with Crippen LogP contribution in [-0.4, -0.2) is 49.7 Å². The summed E-state index contributed by atoms with van der Waals surface area (Å²) in [4.78, 5) is 19.2. The van der Waals surface area contributed by atoms with Gasteiger partial charge in [0.05, 0.1) is 17.9 Å². The summed E-state index contributed by atoms with van der Waals surface area (Å²) in [6.07, 6.45) is 5.26. The number of nitrogens with one attached hydrogen (secondary N) is 1. The molecule has 3 N–H and O–H groups in total. The lowest BCUT2D eigenvalue weighted by Gasteiger charge is -2.33. The van der Waals surface area contributed by atoms with Gasteiger partial charge in [-0.3, -0.25) is 14.5 Å². The molecule has 3 aromatic rings. The number of fused-ring (bicyclic) bond motifs is 1. The number of rotatable bonds is 5. The number of pyridine rings is 1. The molecule has 2 aromatic carbocycles. The molecule has 0 saturated carbocycles. The van der Waals surface area contributed by atoms with Gasteiger partial charge >= 0.3 is 10.2 Å². The molecule has 1 aromatic heterocycles. The first kappa shape index (κ1) is 22.9. The van der Waals surface area contributed by atoms with Crippen LogP contribution in [0.2, 0.25) is 0 Å². The van der Waals surface area contributed by atoms with Crippen molar-refractivity contribution in [3.8, 4) is 16.9 Å². The highest BCUT2D eigenvalue weighted by Crippen LogP contribution is 2.31. The standard InChI is InChI=1S/C25H25N5O4S/c26-24-23-21(28-35(32,33)29-24)7-2-8-22(23)34-16-17-4-3-13-30(15-17)25(31)20-6-1-5-19(14-20)18-9-11-27-12-10-18/h1-2,5-12,14,17,28H,3-4,13,15-16H2,(H2,26,29). The molecule has 2 aliphatic rings. The van der Waals surface area contributed by atoms with Crippen molar-refractivity contribution in [2.75, 3.05) is 24.4 Å². The van der Waals surface area contributed by atoms with Crippen LogP contribution in [0.25, 0.3) is 11.1 Å². The fourth-order valence-electron chi connectivity index (χ4n) is 4.49. The van der Waals surface area contributed by atoms with Crippen LogP contribution in [0.4, 0.5) is 5.69 Å². The van der Waals surface area contributed by atoms with Gasteiger partial charge in [-0.15, -0.1) is 4.40 Å². The van der Waals surface area contributed by atoms with Crippen molar-refractivity contribution in [1.82, 2.24) is 9.88 Å². The Hall–Kier alpha value is -3.92. The lowest BCUT2D eigenvalue weighted by molar-refractivity contribution is 0.0633. The van der Waals surface area contributed by atoms with E-state index < -0.39 is 10.2 Å². The Kier molecular flexibility index (Phi) is 6.12. The van der Waals surface area contributed by atoms with E-state index in [4.69, 9.17) is 10.5 Å². The number of amides is 1. The van der Waals surface area contributed by atoms with Crippen molar-refractivity contribution in [3.05, 3.63) is 78.1 Å². The zero-order valence-corrected chi connectivity index (χ0v) is 19.7. The number of ether oxygens (including phenoxy) is 1. The van der Waals surface area contributed by atoms with Gasteiger partial charge in [-0.1, -0.05) is 18.2 Å². The summed E-state index contributed by atoms with van der Waals surface area (Å²) in [7, 11) is -3.85. The average molecular weight is 492 g/mol. The number of aromatic nitrogens is 1. The molecule has 0 aliphatic carbocycles. The highest BCUT2D eigenvalue weighted by atomic mass is 32.2. The quantitative estimate of drug-likeness (QED) is 0.565. The minimum absolute atomic E-state index is 0.00604. The first-order chi connectivity index (χ1) is 16.9. The fraction of sp³-hybridized carbons (Fsp3) is 0.240. The van der Waals surface area contributed by atoms with Crippen molar-refractivity contribution in [1.29, 1.82) is 0 Å². The van der Waals surface area contributed by atoms with Crippen molar-refractivity contribution >= 4 is 27.6 Å². The predicted octanol–water partition coefficient (Wildman–Crippen LogP) is 3.06. The number of likely N-dealkylation sites (tertiary alicyclic amines) is 1. The number of benzene rings is 2. The number of hydrogen-bond donors (Lipinski definition) is 2. The maximum atomic E-state index is 13.3. The lowest BCUT2D eigenvalue weighted by atomic mass is 9.97. The second-order valence-electron chi connectivity index (χ2n) is 8.62. The number of carbonyl (C=O) groups is 1. The van der Waals surface area contributed by atoms with E-state index in [1.165, 1.54) is 0 Å². The van der Waals surface area contributed by atoms with Crippen LogP contribution in [0.1, 0.15) is 28.8 Å². The number of amidine groups is 1. The van der Waals surface area contributed by atoms with Crippen LogP contribution in [0.3, 0.4) is 0 Å². The van der Waals surface area contributed by atoms with Gasteiger partial charge in [0, 0.05) is 37.0 Å². The van der Waals surface area contributed by atoms with Crippen LogP contribution < -0.4 is 15.2 Å². The van der Waals surface area contributed by atoms with Crippen molar-refractivity contribution < 1.29 is 17.9 Å². The van der Waals surface area contributed by atoms with Crippen LogP contribution in [0, 0.1) is 5.92 Å². The predicted molar refractivity (Wildman–Crippen MR) is 134 cm³/mol. The summed E-state index contributed by atoms with van der Waals surface area (Å²) in [6.45, 7) is 1.64. The number of hydrogen-bond acceptors (Lipinski definition) is 6. The third-order valence-electron chi connectivity index (χ3n) is 6.14. The molecular weight excluding hydrogens is 466 g/mol. The molecule has 0 radical (unpaired) electrons. The summed E-state index contributed by atoms with van der Waals surface area (Å²) < 4.78 is 35.6. The summed E-state index contributed by atoms with van der Waals surface area (Å²) in [5.41, 5.74) is 9.30. The Morgan fingerprint density at radius 1 is 1.11 bits per heavy atom. The Balaban J connectivity index is 1.27. The second kappa shape index (κ2) is 9.38. The van der Waals surface area contributed by atoms with E-state index in [9.17, 15) is 13.2 Å². The van der Waals surface area contributed by atoms with Gasteiger partial charge in [0.2, 0.25) is 0 Å². The smallest absolute Gasteiger partial charge is 0.344 e. The summed E-state index contributed by atoms with van der Waals surface area (Å²) in [5, 5.41) is 0. The number of carbonyl (C=O) groups excluding carboxylic acids is 1. The monoisotopic (exact) mass is 491 g/mol. The molecule has 1 atom stereocenters. The fourth-order valence-corrected chi connectivity index (χ4v) is 5.33. The summed E-state index contributed by atoms with van der Waals surface area (Å²) in [6, 6.07) is 16.5. The Morgan fingerprint density at radius 3 is 2.74 bits per heavy atom. The molecule has 1 amide bonds. The third kappa shape index (κ3) is 4.97. The first-order valence-electron chi connectivity index (χ1n) is 11.3. The maximum absolute atomic E-state index is 13.3. The van der Waals surface area contributed by atoms with Gasteiger partial charge in [-0.05, 0) is 60.4 Å². The van der Waals surface area contributed by atoms with Crippen molar-refractivity contribution in [2.45, 2.75) is 12.8 Å². The number of piperidine rings is 1. The van der Waals surface area contributed by atoms with E-state index >= 15 is 0 Å². The molecule has 35 heavy (non-hydrogen) atoms. The second-order valence-corrected chi connectivity index (χ2v) is 9.96. The molecule has 5 rings (SSSR count). The highest BCUT2D eigenvalue weighted by Gasteiger charge is 2.27. The Bertz CT molecular complexity index is 1390. The van der Waals surface area contributed by atoms with E-state index in [1.807, 2.05) is 41.3 Å². The first-order valence-corrected chi connectivity index (χ1v) is 12.8. The molecule has 0 spiro atoms. The molecule has 1 fully saturated rings. The van der Waals surface area contributed by atoms with Crippen LogP contribution in [-0.2, 0) is 10.2 Å². The van der Waals surface area contributed by atoms with Gasteiger partial charge in [-0.25, -0.2) is 0 Å². The normalized spacial score (nSPS) is 18.7. The topological polar surface area (TPSA) is 127 Å². The average Bonchev–Trinajstić information content (AvgIpc) is 2.87. The van der Waals surface area contributed by atoms with Gasteiger partial charge in [0.15, 0.2) is 5.84 Å². The van der Waals surface area contributed by atoms with E-state index in [1.54, 1.807) is 30.6 Å². The third-order valence-corrected chi connectivity index (χ3v) is 7.06. The van der Waals surface area contributed by atoms with E-state index in [0.717, 1.165) is 24.0 Å². The molecule has 0 bridgehead atoms. The van der Waals surface area contributed by atoms with E-state index in [-0.39, 0.29) is 17.7 Å². The van der Waals surface area contributed by atoms with E-state index in [0.29, 0.717) is 42.3 Å². The molecule has 180 valence electrons. The Labute approximate surface area is 203 Å². The van der Waals surface area contributed by atoms with Gasteiger partial charge < -0.3 is 15.4 Å². The van der Waals surface area contributed by atoms with Crippen molar-refractivity contribution in [2.24, 2.45) is 16.0 Å². The molecule has 3 heterocycles. The summed E-state index contributed by atoms with van der Waals surface area (Å²) in [5.74, 6) is 0.474. The van der Waals surface area contributed by atoms with Crippen molar-refractivity contribution in [3.63, 3.8) is 0 Å². The molecule has 10 heteroatoms. The zero-order valence-electron chi connectivity index (χ0n) is 18.9. The minimum atomic E-state index is -3.85. The Morgan fingerprint density at radius 2 is 1.91 bits per heavy atom. The number of nitrogens with zero attached hydrogens (tertiary/aromatic N) is 3.